The van der Waals surface area contributed by atoms with Crippen LogP contribution in [0.5, 0.6) is 5.75 Å². The highest BCUT2D eigenvalue weighted by atomic mass is 16.6. The fourth-order valence-electron chi connectivity index (χ4n) is 1.84. The molecule has 0 fully saturated rings. The third-order valence-corrected chi connectivity index (χ3v) is 2.91. The van der Waals surface area contributed by atoms with Crippen molar-refractivity contribution >= 4 is 23.5 Å². The van der Waals surface area contributed by atoms with Crippen LogP contribution in [0.4, 0.5) is 0 Å². The summed E-state index contributed by atoms with van der Waals surface area (Å²) in [6.07, 6.45) is -0.352. The van der Waals surface area contributed by atoms with Crippen LogP contribution < -0.4 is 4.74 Å². The van der Waals surface area contributed by atoms with E-state index in [1.807, 2.05) is 0 Å². The van der Waals surface area contributed by atoms with Crippen LogP contribution >= 0.6 is 0 Å². The summed E-state index contributed by atoms with van der Waals surface area (Å²) in [5.41, 5.74) is 0.155. The van der Waals surface area contributed by atoms with E-state index in [-0.39, 0.29) is 31.0 Å². The van der Waals surface area contributed by atoms with Gasteiger partial charge in [-0.25, -0.2) is 4.79 Å². The Morgan fingerprint density at radius 3 is 2.22 bits per heavy atom. The number of Topliss-reactive ketones (excluding diaryl/α,β-unsaturated/α-hetero) is 2. The van der Waals surface area contributed by atoms with E-state index in [0.29, 0.717) is 5.75 Å². The van der Waals surface area contributed by atoms with Crippen LogP contribution in [0.15, 0.2) is 24.3 Å². The molecule has 23 heavy (non-hydrogen) atoms. The van der Waals surface area contributed by atoms with Gasteiger partial charge in [0.05, 0.1) is 6.61 Å². The first-order chi connectivity index (χ1) is 10.8. The number of hydrogen-bond donors (Lipinski definition) is 1. The standard InChI is InChI=1S/C16H18O7/c1-3-22-14(18)9-23-12-6-4-11(5-7-12)15(19)13(16(20)21)8-10(2)17/h4-7,13H,3,8-9H2,1-2H3,(H,20,21). The van der Waals surface area contributed by atoms with Gasteiger partial charge in [0.1, 0.15) is 17.5 Å². The molecule has 0 saturated heterocycles. The summed E-state index contributed by atoms with van der Waals surface area (Å²) in [5.74, 6) is -3.94. The van der Waals surface area contributed by atoms with E-state index in [1.54, 1.807) is 6.92 Å². The lowest BCUT2D eigenvalue weighted by atomic mass is 9.93. The molecular formula is C16H18O7. The quantitative estimate of drug-likeness (QED) is 0.417. The van der Waals surface area contributed by atoms with E-state index in [1.165, 1.54) is 31.2 Å². The molecule has 0 saturated carbocycles. The van der Waals surface area contributed by atoms with Gasteiger partial charge in [-0.1, -0.05) is 0 Å². The van der Waals surface area contributed by atoms with Crippen LogP contribution in [0, 0.1) is 5.92 Å². The normalized spacial score (nSPS) is 11.4. The van der Waals surface area contributed by atoms with Gasteiger partial charge < -0.3 is 14.6 Å². The van der Waals surface area contributed by atoms with E-state index in [9.17, 15) is 19.2 Å². The zero-order valence-corrected chi connectivity index (χ0v) is 12.9. The number of carbonyl (C=O) groups excluding carboxylic acids is 3. The van der Waals surface area contributed by atoms with E-state index in [0.717, 1.165) is 0 Å². The fraction of sp³-hybridized carbons (Fsp3) is 0.375. The second-order valence-electron chi connectivity index (χ2n) is 4.78. The summed E-state index contributed by atoms with van der Waals surface area (Å²) in [4.78, 5) is 45.5. The summed E-state index contributed by atoms with van der Waals surface area (Å²) >= 11 is 0. The van der Waals surface area contributed by atoms with Crippen molar-refractivity contribution in [1.82, 2.24) is 0 Å². The van der Waals surface area contributed by atoms with Gasteiger partial charge in [-0.05, 0) is 38.1 Å². The number of carboxylic acid groups (broad SMARTS) is 1. The molecule has 0 radical (unpaired) electrons. The Hall–Kier alpha value is -2.70. The van der Waals surface area contributed by atoms with Gasteiger partial charge in [-0.2, -0.15) is 0 Å². The molecular weight excluding hydrogens is 304 g/mol. The number of aliphatic carboxylic acids is 1. The number of rotatable bonds is 9. The van der Waals surface area contributed by atoms with E-state index >= 15 is 0 Å². The summed E-state index contributed by atoms with van der Waals surface area (Å²) in [5, 5.41) is 9.06. The minimum Gasteiger partial charge on any atom is -0.482 e. The molecule has 1 atom stereocenters. The molecule has 7 nitrogen and oxygen atoms in total. The van der Waals surface area contributed by atoms with Crippen molar-refractivity contribution in [2.75, 3.05) is 13.2 Å². The van der Waals surface area contributed by atoms with Crippen LogP contribution in [0.3, 0.4) is 0 Å². The van der Waals surface area contributed by atoms with Crippen molar-refractivity contribution in [3.05, 3.63) is 29.8 Å². The molecule has 0 aliphatic heterocycles. The Balaban J connectivity index is 2.74. The monoisotopic (exact) mass is 322 g/mol. The lowest BCUT2D eigenvalue weighted by Gasteiger charge is -2.10. The molecule has 1 unspecified atom stereocenters. The second-order valence-corrected chi connectivity index (χ2v) is 4.78. The summed E-state index contributed by atoms with van der Waals surface area (Å²) < 4.78 is 9.88. The highest BCUT2D eigenvalue weighted by Gasteiger charge is 2.28. The maximum Gasteiger partial charge on any atom is 0.344 e. The molecule has 0 aromatic heterocycles. The Morgan fingerprint density at radius 2 is 1.74 bits per heavy atom. The molecule has 1 N–H and O–H groups in total. The number of ether oxygens (including phenoxy) is 2. The number of benzene rings is 1. The molecule has 1 aromatic carbocycles. The van der Waals surface area contributed by atoms with Crippen LogP contribution in [-0.4, -0.2) is 41.8 Å². The second kappa shape index (κ2) is 8.67. The lowest BCUT2D eigenvalue weighted by Crippen LogP contribution is -2.26. The molecule has 0 heterocycles. The molecule has 7 heteroatoms. The Labute approximate surface area is 133 Å². The third-order valence-electron chi connectivity index (χ3n) is 2.91. The first-order valence-corrected chi connectivity index (χ1v) is 7.00. The van der Waals surface area contributed by atoms with Crippen molar-refractivity contribution in [3.8, 4) is 5.75 Å². The summed E-state index contributed by atoms with van der Waals surface area (Å²) in [6.45, 7) is 2.90. The van der Waals surface area contributed by atoms with Crippen LogP contribution in [0.25, 0.3) is 0 Å². The minimum atomic E-state index is -1.40. The zero-order chi connectivity index (χ0) is 17.4. The first kappa shape index (κ1) is 18.3. The molecule has 1 aromatic rings. The topological polar surface area (TPSA) is 107 Å². The molecule has 0 amide bonds. The summed E-state index contributed by atoms with van der Waals surface area (Å²) in [6, 6.07) is 5.66. The average Bonchev–Trinajstić information content (AvgIpc) is 2.50. The zero-order valence-electron chi connectivity index (χ0n) is 12.9. The predicted octanol–water partition coefficient (Wildman–Crippen LogP) is 1.49. The van der Waals surface area contributed by atoms with Gasteiger partial charge in [0, 0.05) is 12.0 Å². The molecule has 0 spiro atoms. The number of ketones is 2. The van der Waals surface area contributed by atoms with E-state index in [4.69, 9.17) is 14.6 Å². The van der Waals surface area contributed by atoms with E-state index in [2.05, 4.69) is 0 Å². The molecule has 1 rings (SSSR count). The Kier molecular flexibility index (Phi) is 6.92. The number of hydrogen-bond acceptors (Lipinski definition) is 6. The molecule has 124 valence electrons. The number of esters is 1. The average molecular weight is 322 g/mol. The van der Waals surface area contributed by atoms with Gasteiger partial charge >= 0.3 is 11.9 Å². The van der Waals surface area contributed by atoms with Gasteiger partial charge in [0.15, 0.2) is 12.4 Å². The Bertz CT molecular complexity index is 589. The smallest absolute Gasteiger partial charge is 0.344 e. The van der Waals surface area contributed by atoms with Gasteiger partial charge in [-0.3, -0.25) is 14.4 Å². The predicted molar refractivity (Wildman–Crippen MR) is 79.3 cm³/mol. The first-order valence-electron chi connectivity index (χ1n) is 7.00. The van der Waals surface area contributed by atoms with Crippen molar-refractivity contribution in [2.24, 2.45) is 5.92 Å². The van der Waals surface area contributed by atoms with Crippen molar-refractivity contribution < 1.29 is 33.8 Å². The van der Waals surface area contributed by atoms with Gasteiger partial charge in [0.25, 0.3) is 0 Å². The van der Waals surface area contributed by atoms with E-state index < -0.39 is 23.6 Å². The number of carboxylic acids is 1. The molecule has 0 aliphatic rings. The maximum absolute atomic E-state index is 12.1. The largest absolute Gasteiger partial charge is 0.482 e. The highest BCUT2D eigenvalue weighted by Crippen LogP contribution is 2.17. The molecule has 0 bridgehead atoms. The maximum atomic E-state index is 12.1. The lowest BCUT2D eigenvalue weighted by molar-refractivity contribution is -0.145. The van der Waals surface area contributed by atoms with Crippen LogP contribution in [-0.2, 0) is 19.1 Å². The summed E-state index contributed by atoms with van der Waals surface area (Å²) in [7, 11) is 0. The SMILES string of the molecule is CCOC(=O)COc1ccc(C(=O)C(CC(C)=O)C(=O)O)cc1. The third kappa shape index (κ3) is 5.90. The van der Waals surface area contributed by atoms with Crippen molar-refractivity contribution in [3.63, 3.8) is 0 Å². The van der Waals surface area contributed by atoms with Gasteiger partial charge in [-0.15, -0.1) is 0 Å². The fourth-order valence-corrected chi connectivity index (χ4v) is 1.84. The van der Waals surface area contributed by atoms with Crippen LogP contribution in [0.1, 0.15) is 30.6 Å². The molecule has 0 aliphatic carbocycles. The Morgan fingerprint density at radius 1 is 1.13 bits per heavy atom. The van der Waals surface area contributed by atoms with Crippen molar-refractivity contribution in [1.29, 1.82) is 0 Å². The van der Waals surface area contributed by atoms with Crippen molar-refractivity contribution in [2.45, 2.75) is 20.3 Å². The van der Waals surface area contributed by atoms with Gasteiger partial charge in [0.2, 0.25) is 0 Å². The number of carbonyl (C=O) groups is 4. The highest BCUT2D eigenvalue weighted by molar-refractivity contribution is 6.10. The minimum absolute atomic E-state index is 0.155. The van der Waals surface area contributed by atoms with Crippen LogP contribution in [0.2, 0.25) is 0 Å².